The van der Waals surface area contributed by atoms with E-state index in [1.165, 1.54) is 6.26 Å². The monoisotopic (exact) mass is 269 g/mol. The summed E-state index contributed by atoms with van der Waals surface area (Å²) in [6.07, 6.45) is 3.23. The number of nitrogens with zero attached hydrogens (tertiary/aromatic N) is 1. The maximum absolute atomic E-state index is 11.2. The molecule has 0 spiro atoms. The molecule has 1 aliphatic heterocycles. The molecule has 1 rings (SSSR count). The minimum atomic E-state index is -2.96. The Bertz CT molecular complexity index is 255. The van der Waals surface area contributed by atoms with E-state index in [0.717, 1.165) is 12.8 Å². The summed E-state index contributed by atoms with van der Waals surface area (Å²) in [6.45, 7) is 3.49. The second kappa shape index (κ2) is 4.28. The van der Waals surface area contributed by atoms with Crippen molar-refractivity contribution in [1.29, 1.82) is 0 Å². The van der Waals surface area contributed by atoms with Crippen molar-refractivity contribution < 1.29 is 8.42 Å². The van der Waals surface area contributed by atoms with Crippen molar-refractivity contribution >= 4 is 26.0 Å². The van der Waals surface area contributed by atoms with E-state index in [1.807, 2.05) is 0 Å². The number of alkyl halides is 1. The van der Waals surface area contributed by atoms with E-state index in [-0.39, 0.29) is 0 Å². The molecule has 0 amide bonds. The fraction of sp³-hybridized carbons (Fsp3) is 1.00. The lowest BCUT2D eigenvalue weighted by atomic mass is 9.96. The molecule has 0 saturated carbocycles. The van der Waals surface area contributed by atoms with Crippen LogP contribution in [0, 0.1) is 5.92 Å². The van der Waals surface area contributed by atoms with Crippen molar-refractivity contribution in [2.75, 3.05) is 19.3 Å². The van der Waals surface area contributed by atoms with Gasteiger partial charge in [0.1, 0.15) is 0 Å². The zero-order valence-electron chi connectivity index (χ0n) is 8.03. The lowest BCUT2D eigenvalue weighted by molar-refractivity contribution is 0.276. The molecule has 78 valence electrons. The Morgan fingerprint density at radius 1 is 1.38 bits per heavy atom. The highest BCUT2D eigenvalue weighted by atomic mass is 79.9. The number of halogens is 1. The van der Waals surface area contributed by atoms with Crippen molar-refractivity contribution in [3.05, 3.63) is 0 Å². The Balaban J connectivity index is 2.49. The molecule has 5 heteroatoms. The molecular weight excluding hydrogens is 254 g/mol. The molecular formula is C8H16BrNO2S. The summed E-state index contributed by atoms with van der Waals surface area (Å²) < 4.78 is 23.9. The summed E-state index contributed by atoms with van der Waals surface area (Å²) in [5.74, 6) is 0.623. The minimum absolute atomic E-state index is 0.495. The van der Waals surface area contributed by atoms with Crippen molar-refractivity contribution in [2.45, 2.75) is 24.6 Å². The second-order valence-electron chi connectivity index (χ2n) is 3.68. The van der Waals surface area contributed by atoms with Gasteiger partial charge in [-0.15, -0.1) is 0 Å². The largest absolute Gasteiger partial charge is 0.213 e. The van der Waals surface area contributed by atoms with E-state index in [0.29, 0.717) is 23.8 Å². The fourth-order valence-electron chi connectivity index (χ4n) is 1.67. The summed E-state index contributed by atoms with van der Waals surface area (Å²) in [7, 11) is -2.96. The molecule has 0 N–H and O–H groups in total. The van der Waals surface area contributed by atoms with Crippen LogP contribution in [0.15, 0.2) is 0 Å². The topological polar surface area (TPSA) is 37.4 Å². The summed E-state index contributed by atoms with van der Waals surface area (Å²) in [6, 6.07) is 0. The smallest absolute Gasteiger partial charge is 0.211 e. The SMILES string of the molecule is CC(Br)C1CCN(S(C)(=O)=O)CC1. The molecule has 1 fully saturated rings. The van der Waals surface area contributed by atoms with Crippen molar-refractivity contribution in [2.24, 2.45) is 5.92 Å². The maximum Gasteiger partial charge on any atom is 0.211 e. The van der Waals surface area contributed by atoms with Gasteiger partial charge in [0.25, 0.3) is 0 Å². The van der Waals surface area contributed by atoms with Crippen LogP contribution in [0.5, 0.6) is 0 Å². The highest BCUT2D eigenvalue weighted by molar-refractivity contribution is 9.09. The van der Waals surface area contributed by atoms with Crippen LogP contribution in [0.25, 0.3) is 0 Å². The van der Waals surface area contributed by atoms with Gasteiger partial charge in [-0.25, -0.2) is 12.7 Å². The first-order chi connectivity index (χ1) is 5.91. The Hall–Kier alpha value is 0.390. The van der Waals surface area contributed by atoms with Gasteiger partial charge in [-0.05, 0) is 18.8 Å². The summed E-state index contributed by atoms with van der Waals surface area (Å²) in [5, 5.41) is 0. The standard InChI is InChI=1S/C8H16BrNO2S/c1-7(9)8-3-5-10(6-4-8)13(2,11)12/h7-8H,3-6H2,1-2H3. The maximum atomic E-state index is 11.2. The van der Waals surface area contributed by atoms with Gasteiger partial charge in [0.2, 0.25) is 10.0 Å². The Kier molecular flexibility index (Phi) is 3.77. The lowest BCUT2D eigenvalue weighted by Crippen LogP contribution is -2.39. The zero-order valence-corrected chi connectivity index (χ0v) is 10.4. The van der Waals surface area contributed by atoms with Crippen LogP contribution in [0.1, 0.15) is 19.8 Å². The number of piperidine rings is 1. The fourth-order valence-corrected chi connectivity index (χ4v) is 3.07. The third kappa shape index (κ3) is 3.22. The van der Waals surface area contributed by atoms with Crippen LogP contribution in [0.2, 0.25) is 0 Å². The van der Waals surface area contributed by atoms with Gasteiger partial charge in [0.05, 0.1) is 6.26 Å². The summed E-state index contributed by atoms with van der Waals surface area (Å²) in [5.41, 5.74) is 0. The van der Waals surface area contributed by atoms with Crippen LogP contribution in [0.4, 0.5) is 0 Å². The van der Waals surface area contributed by atoms with Gasteiger partial charge in [0, 0.05) is 17.9 Å². The molecule has 0 aromatic heterocycles. The van der Waals surface area contributed by atoms with Gasteiger partial charge in [0.15, 0.2) is 0 Å². The number of rotatable bonds is 2. The van der Waals surface area contributed by atoms with Crippen LogP contribution >= 0.6 is 15.9 Å². The van der Waals surface area contributed by atoms with Crippen LogP contribution in [0.3, 0.4) is 0 Å². The van der Waals surface area contributed by atoms with E-state index >= 15 is 0 Å². The van der Waals surface area contributed by atoms with E-state index in [9.17, 15) is 8.42 Å². The molecule has 0 aliphatic carbocycles. The van der Waals surface area contributed by atoms with Crippen molar-refractivity contribution in [1.82, 2.24) is 4.31 Å². The number of hydrogen-bond donors (Lipinski definition) is 0. The van der Waals surface area contributed by atoms with Gasteiger partial charge in [-0.2, -0.15) is 0 Å². The molecule has 13 heavy (non-hydrogen) atoms. The molecule has 1 atom stereocenters. The highest BCUT2D eigenvalue weighted by Crippen LogP contribution is 2.25. The van der Waals surface area contributed by atoms with E-state index in [1.54, 1.807) is 4.31 Å². The predicted octanol–water partition coefficient (Wildman–Crippen LogP) is 1.44. The molecule has 0 aromatic rings. The average molecular weight is 270 g/mol. The normalized spacial score (nSPS) is 24.5. The third-order valence-corrected chi connectivity index (χ3v) is 4.67. The van der Waals surface area contributed by atoms with Gasteiger partial charge in [-0.3, -0.25) is 0 Å². The Labute approximate surface area is 88.7 Å². The second-order valence-corrected chi connectivity index (χ2v) is 7.10. The first-order valence-corrected chi connectivity index (χ1v) is 7.27. The van der Waals surface area contributed by atoms with E-state index < -0.39 is 10.0 Å². The van der Waals surface area contributed by atoms with Gasteiger partial charge < -0.3 is 0 Å². The Morgan fingerprint density at radius 3 is 2.15 bits per heavy atom. The highest BCUT2D eigenvalue weighted by Gasteiger charge is 2.26. The molecule has 1 saturated heterocycles. The van der Waals surface area contributed by atoms with Crippen LogP contribution < -0.4 is 0 Å². The molecule has 0 aromatic carbocycles. The first-order valence-electron chi connectivity index (χ1n) is 4.50. The average Bonchev–Trinajstić information content (AvgIpc) is 2.03. The minimum Gasteiger partial charge on any atom is -0.213 e. The van der Waals surface area contributed by atoms with Gasteiger partial charge >= 0.3 is 0 Å². The van der Waals surface area contributed by atoms with E-state index in [2.05, 4.69) is 22.9 Å². The Morgan fingerprint density at radius 2 is 1.85 bits per heavy atom. The molecule has 1 unspecified atom stereocenters. The van der Waals surface area contributed by atoms with Crippen molar-refractivity contribution in [3.8, 4) is 0 Å². The molecule has 3 nitrogen and oxygen atoms in total. The van der Waals surface area contributed by atoms with Crippen LogP contribution in [-0.4, -0.2) is 36.9 Å². The molecule has 1 heterocycles. The lowest BCUT2D eigenvalue weighted by Gasteiger charge is -2.31. The molecule has 0 bridgehead atoms. The van der Waals surface area contributed by atoms with E-state index in [4.69, 9.17) is 0 Å². The van der Waals surface area contributed by atoms with Gasteiger partial charge in [-0.1, -0.05) is 22.9 Å². The summed E-state index contributed by atoms with van der Waals surface area (Å²) >= 11 is 3.54. The quantitative estimate of drug-likeness (QED) is 0.712. The number of sulfonamides is 1. The number of hydrogen-bond acceptors (Lipinski definition) is 2. The third-order valence-electron chi connectivity index (χ3n) is 2.62. The molecule has 0 radical (unpaired) electrons. The van der Waals surface area contributed by atoms with Crippen LogP contribution in [-0.2, 0) is 10.0 Å². The first kappa shape index (κ1) is 11.5. The van der Waals surface area contributed by atoms with Crippen molar-refractivity contribution in [3.63, 3.8) is 0 Å². The zero-order chi connectivity index (χ0) is 10.1. The predicted molar refractivity (Wildman–Crippen MR) is 57.5 cm³/mol. The molecule has 1 aliphatic rings. The summed E-state index contributed by atoms with van der Waals surface area (Å²) in [4.78, 5) is 0.495.